The fourth-order valence-corrected chi connectivity index (χ4v) is 5.22. The summed E-state index contributed by atoms with van der Waals surface area (Å²) in [5.41, 5.74) is 0. The van der Waals surface area contributed by atoms with E-state index in [0.717, 1.165) is 0 Å². The summed E-state index contributed by atoms with van der Waals surface area (Å²) in [7, 11) is 17.0. The molecule has 1 aliphatic rings. The minimum atomic E-state index is -2.94. The maximum Gasteiger partial charge on any atom is 0.564 e. The molecule has 0 saturated heterocycles. The molecule has 0 atom stereocenters. The molecular formula is C10H11AlCl5P. The van der Waals surface area contributed by atoms with Gasteiger partial charge in [0.15, 0.2) is 0 Å². The molecule has 94 valence electrons. The van der Waals surface area contributed by atoms with E-state index in [1.165, 1.54) is 15.9 Å². The van der Waals surface area contributed by atoms with Gasteiger partial charge in [0, 0.05) is 0 Å². The molecule has 1 aromatic carbocycles. The number of halogens is 5. The molecular weight excluding hydrogens is 355 g/mol. The lowest BCUT2D eigenvalue weighted by molar-refractivity contribution is 1.64. The molecule has 0 spiro atoms. The summed E-state index contributed by atoms with van der Waals surface area (Å²) in [4.78, 5) is 0. The fourth-order valence-electron chi connectivity index (χ4n) is 1.48. The number of hydrogen-bond acceptors (Lipinski definition) is 0. The summed E-state index contributed by atoms with van der Waals surface area (Å²) in [6.07, 6.45) is 0. The van der Waals surface area contributed by atoms with Crippen LogP contribution in [0.5, 0.6) is 0 Å². The SMILES string of the molecule is CC1=C(C)[P+]1(Cl)c1ccccc1.[Cl][Al-]([Cl])([Cl])[Cl]. The van der Waals surface area contributed by atoms with E-state index in [-0.39, 0.29) is 0 Å². The van der Waals surface area contributed by atoms with Gasteiger partial charge in [-0.15, -0.1) is 0 Å². The van der Waals surface area contributed by atoms with Crippen molar-refractivity contribution >= 4 is 72.7 Å². The Labute approximate surface area is 126 Å². The van der Waals surface area contributed by atoms with Crippen molar-refractivity contribution in [1.29, 1.82) is 0 Å². The molecule has 1 aliphatic heterocycles. The molecule has 0 saturated carbocycles. The minimum absolute atomic E-state index is 1.31. The van der Waals surface area contributed by atoms with Crippen molar-refractivity contribution in [2.45, 2.75) is 13.8 Å². The van der Waals surface area contributed by atoms with Gasteiger partial charge >= 0.3 is 9.39 Å². The molecule has 7 heteroatoms. The lowest BCUT2D eigenvalue weighted by Gasteiger charge is -1.98. The highest BCUT2D eigenvalue weighted by molar-refractivity contribution is 8.15. The summed E-state index contributed by atoms with van der Waals surface area (Å²) in [5.74, 6) is 0. The van der Waals surface area contributed by atoms with Crippen molar-refractivity contribution in [3.05, 3.63) is 41.0 Å². The van der Waals surface area contributed by atoms with Crippen LogP contribution in [-0.2, 0) is 0 Å². The second-order valence-electron chi connectivity index (χ2n) is 3.59. The van der Waals surface area contributed by atoms with Gasteiger partial charge in [-0.1, -0.05) is 18.2 Å². The minimum Gasteiger partial charge on any atom is -0.391 e. The van der Waals surface area contributed by atoms with Crippen LogP contribution < -0.4 is 5.30 Å². The third kappa shape index (κ3) is 4.76. The van der Waals surface area contributed by atoms with E-state index >= 15 is 0 Å². The zero-order valence-corrected chi connectivity index (χ0v) is 15.1. The molecule has 0 fully saturated rings. The highest BCUT2D eigenvalue weighted by Crippen LogP contribution is 2.88. The summed E-state index contributed by atoms with van der Waals surface area (Å²) in [6, 6.07) is 10.4. The van der Waals surface area contributed by atoms with Gasteiger partial charge < -0.3 is 40.2 Å². The third-order valence-electron chi connectivity index (χ3n) is 2.51. The van der Waals surface area contributed by atoms with E-state index < -0.39 is 16.0 Å². The maximum absolute atomic E-state index is 6.51. The molecule has 0 unspecified atom stereocenters. The second kappa shape index (κ2) is 6.22. The van der Waals surface area contributed by atoms with E-state index in [1.807, 2.05) is 6.07 Å². The molecule has 0 amide bonds. The lowest BCUT2D eigenvalue weighted by atomic mass is 10.4. The van der Waals surface area contributed by atoms with Gasteiger partial charge in [0.1, 0.15) is 27.2 Å². The average molecular weight is 366 g/mol. The first kappa shape index (κ1) is 16.4. The normalized spacial score (nSPS) is 17.4. The van der Waals surface area contributed by atoms with Gasteiger partial charge in [-0.3, -0.25) is 0 Å². The zero-order chi connectivity index (χ0) is 13.3. The van der Waals surface area contributed by atoms with Crippen molar-refractivity contribution in [3.8, 4) is 0 Å². The first-order valence-electron chi connectivity index (χ1n) is 4.87. The monoisotopic (exact) mass is 364 g/mol. The Morgan fingerprint density at radius 1 is 0.882 bits per heavy atom. The summed E-state index contributed by atoms with van der Waals surface area (Å²) in [5, 5.41) is 4.13. The van der Waals surface area contributed by atoms with E-state index in [2.05, 4.69) is 38.1 Å². The van der Waals surface area contributed by atoms with Gasteiger partial charge in [-0.05, 0) is 26.0 Å². The Kier molecular flexibility index (Phi) is 6.01. The van der Waals surface area contributed by atoms with Gasteiger partial charge in [0.25, 0.3) is 0 Å². The van der Waals surface area contributed by atoms with Crippen molar-refractivity contribution in [2.75, 3.05) is 0 Å². The van der Waals surface area contributed by atoms with Crippen molar-refractivity contribution < 1.29 is 0 Å². The van der Waals surface area contributed by atoms with Crippen LogP contribution in [0.25, 0.3) is 0 Å². The topological polar surface area (TPSA) is 0 Å². The molecule has 1 heterocycles. The third-order valence-corrected chi connectivity index (χ3v) is 7.92. The average Bonchev–Trinajstić information content (AvgIpc) is 2.70. The fraction of sp³-hybridized carbons (Fsp3) is 0.200. The van der Waals surface area contributed by atoms with E-state index in [1.54, 1.807) is 0 Å². The van der Waals surface area contributed by atoms with Gasteiger partial charge in [0.2, 0.25) is 6.62 Å². The van der Waals surface area contributed by atoms with Gasteiger partial charge in [0.05, 0.1) is 0 Å². The van der Waals surface area contributed by atoms with Crippen LogP contribution in [0.2, 0.25) is 0 Å². The first-order chi connectivity index (χ1) is 7.67. The Morgan fingerprint density at radius 2 is 1.24 bits per heavy atom. The Morgan fingerprint density at radius 3 is 1.53 bits per heavy atom. The summed E-state index contributed by atoms with van der Waals surface area (Å²) in [6.45, 7) is 2.89. The van der Waals surface area contributed by atoms with E-state index in [0.29, 0.717) is 0 Å². The molecule has 0 aliphatic carbocycles. The highest BCUT2D eigenvalue weighted by Gasteiger charge is 2.60. The number of benzene rings is 1. The van der Waals surface area contributed by atoms with Crippen molar-refractivity contribution in [2.24, 2.45) is 0 Å². The summed E-state index contributed by atoms with van der Waals surface area (Å²) >= 11 is 6.51. The molecule has 0 nitrogen and oxygen atoms in total. The molecule has 0 radical (unpaired) electrons. The predicted molar refractivity (Wildman–Crippen MR) is 86.4 cm³/mol. The largest absolute Gasteiger partial charge is 0.564 e. The van der Waals surface area contributed by atoms with Crippen LogP contribution >= 0.6 is 58.1 Å². The van der Waals surface area contributed by atoms with Gasteiger partial charge in [-0.25, -0.2) is 0 Å². The van der Waals surface area contributed by atoms with E-state index in [9.17, 15) is 0 Å². The maximum atomic E-state index is 6.51. The van der Waals surface area contributed by atoms with Crippen molar-refractivity contribution in [3.63, 3.8) is 0 Å². The Balaban J connectivity index is 0.000000249. The van der Waals surface area contributed by atoms with E-state index in [4.69, 9.17) is 51.4 Å². The summed E-state index contributed by atoms with van der Waals surface area (Å²) < 4.78 is 0. The molecule has 0 N–H and O–H groups in total. The molecule has 0 bridgehead atoms. The predicted octanol–water partition coefficient (Wildman–Crippen LogP) is 6.13. The van der Waals surface area contributed by atoms with Crippen LogP contribution in [0.15, 0.2) is 41.0 Å². The van der Waals surface area contributed by atoms with Crippen LogP contribution in [-0.4, -0.2) is 9.39 Å². The van der Waals surface area contributed by atoms with Gasteiger partial charge in [-0.2, -0.15) is 0 Å². The number of allylic oxidation sites excluding steroid dienone is 2. The van der Waals surface area contributed by atoms with Crippen molar-refractivity contribution in [1.82, 2.24) is 0 Å². The standard InChI is InChI=1S/C10H11ClP.Al.4ClH/c1-8-9(2)12(8,11)10-6-4-3-5-7-10;;;;;/h3-7H,1-2H3;;4*1H/q+1;+3;;;;/p-4. The number of hydrogen-bond donors (Lipinski definition) is 0. The molecule has 2 rings (SSSR count). The molecule has 17 heavy (non-hydrogen) atoms. The lowest BCUT2D eigenvalue weighted by Crippen LogP contribution is -1.96. The Hall–Kier alpha value is 1.37. The second-order valence-corrected chi connectivity index (χ2v) is 21.0. The zero-order valence-electron chi connectivity index (χ0n) is 9.30. The Bertz CT molecular complexity index is 408. The molecule has 1 aromatic rings. The number of rotatable bonds is 1. The first-order valence-corrected chi connectivity index (χ1v) is 14.6. The highest BCUT2D eigenvalue weighted by atomic mass is 35.9. The van der Waals surface area contributed by atoms with Crippen LogP contribution in [0.1, 0.15) is 13.8 Å². The van der Waals surface area contributed by atoms with Crippen LogP contribution in [0, 0.1) is 0 Å². The quantitative estimate of drug-likeness (QED) is 0.415. The molecule has 0 aromatic heterocycles. The van der Waals surface area contributed by atoms with Crippen LogP contribution in [0.3, 0.4) is 0 Å². The smallest absolute Gasteiger partial charge is 0.391 e. The van der Waals surface area contributed by atoms with Crippen LogP contribution in [0.4, 0.5) is 0 Å².